The summed E-state index contributed by atoms with van der Waals surface area (Å²) in [7, 11) is 0. The Hall–Kier alpha value is -1.81. The number of likely N-dealkylation sites (tertiary alicyclic amines) is 1. The van der Waals surface area contributed by atoms with Crippen molar-refractivity contribution in [3.8, 4) is 11.3 Å². The molecule has 0 spiro atoms. The van der Waals surface area contributed by atoms with Crippen molar-refractivity contribution in [2.45, 2.75) is 45.2 Å². The third kappa shape index (κ3) is 2.88. The monoisotopic (exact) mass is 318 g/mol. The Bertz CT molecular complexity index is 656. The lowest BCUT2D eigenvalue weighted by atomic mass is 9.97. The highest BCUT2D eigenvalue weighted by atomic mass is 35.5. The number of carbonyl (C=O) groups is 1. The molecule has 22 heavy (non-hydrogen) atoms. The molecule has 0 radical (unpaired) electrons. The van der Waals surface area contributed by atoms with E-state index < -0.39 is 0 Å². The fraction of sp³-hybridized carbons (Fsp3) is 0.412. The largest absolute Gasteiger partial charge is 0.355 e. The molecule has 0 aliphatic carbocycles. The standard InChI is InChI=1S/C17H19ClN2O2/c1-11-4-3-5-12(2)20(11)17(21)15-10-16(22-19-15)13-6-8-14(18)9-7-13/h6-12H,3-5H2,1-2H3/t11-,12-/m1/s1. The van der Waals surface area contributed by atoms with Gasteiger partial charge in [-0.1, -0.05) is 16.8 Å². The van der Waals surface area contributed by atoms with Gasteiger partial charge in [0.05, 0.1) is 0 Å². The highest BCUT2D eigenvalue weighted by molar-refractivity contribution is 6.30. The maximum absolute atomic E-state index is 12.7. The van der Waals surface area contributed by atoms with Crippen LogP contribution in [-0.2, 0) is 0 Å². The van der Waals surface area contributed by atoms with E-state index in [9.17, 15) is 4.79 Å². The fourth-order valence-corrected chi connectivity index (χ4v) is 3.21. The normalized spacial score (nSPS) is 21.9. The SMILES string of the molecule is C[C@@H]1CCC[C@@H](C)N1C(=O)c1cc(-c2ccc(Cl)cc2)on1. The summed E-state index contributed by atoms with van der Waals surface area (Å²) in [6.45, 7) is 4.18. The van der Waals surface area contributed by atoms with Crippen molar-refractivity contribution in [1.29, 1.82) is 0 Å². The van der Waals surface area contributed by atoms with E-state index in [0.29, 0.717) is 16.5 Å². The van der Waals surface area contributed by atoms with Crippen LogP contribution in [0.1, 0.15) is 43.6 Å². The summed E-state index contributed by atoms with van der Waals surface area (Å²) < 4.78 is 5.33. The molecule has 1 saturated heterocycles. The Labute approximate surface area is 135 Å². The van der Waals surface area contributed by atoms with E-state index in [1.54, 1.807) is 18.2 Å². The summed E-state index contributed by atoms with van der Waals surface area (Å²) in [6.07, 6.45) is 3.25. The molecule has 1 fully saturated rings. The van der Waals surface area contributed by atoms with Gasteiger partial charge in [0.15, 0.2) is 11.5 Å². The van der Waals surface area contributed by atoms with Crippen molar-refractivity contribution in [1.82, 2.24) is 10.1 Å². The minimum Gasteiger partial charge on any atom is -0.355 e. The molecule has 1 aliphatic rings. The first-order valence-corrected chi connectivity index (χ1v) is 7.99. The second-order valence-corrected chi connectivity index (χ2v) is 6.36. The zero-order valence-electron chi connectivity index (χ0n) is 12.8. The lowest BCUT2D eigenvalue weighted by Crippen LogP contribution is -2.47. The Morgan fingerprint density at radius 1 is 1.23 bits per heavy atom. The van der Waals surface area contributed by atoms with Crippen LogP contribution in [0.15, 0.2) is 34.9 Å². The first kappa shape index (κ1) is 15.1. The van der Waals surface area contributed by atoms with Crippen LogP contribution in [-0.4, -0.2) is 28.0 Å². The molecule has 1 aromatic heterocycles. The number of benzene rings is 1. The summed E-state index contributed by atoms with van der Waals surface area (Å²) in [5, 5.41) is 4.62. The summed E-state index contributed by atoms with van der Waals surface area (Å²) in [6, 6.07) is 9.47. The van der Waals surface area contributed by atoms with Crippen molar-refractivity contribution in [2.75, 3.05) is 0 Å². The van der Waals surface area contributed by atoms with Crippen LogP contribution in [0.3, 0.4) is 0 Å². The van der Waals surface area contributed by atoms with Gasteiger partial charge in [0.25, 0.3) is 5.91 Å². The predicted molar refractivity (Wildman–Crippen MR) is 85.9 cm³/mol. The lowest BCUT2D eigenvalue weighted by molar-refractivity contribution is 0.0500. The van der Waals surface area contributed by atoms with E-state index in [-0.39, 0.29) is 18.0 Å². The number of carbonyl (C=O) groups excluding carboxylic acids is 1. The second kappa shape index (κ2) is 6.13. The van der Waals surface area contributed by atoms with Gasteiger partial charge in [0, 0.05) is 28.7 Å². The number of halogens is 1. The zero-order valence-corrected chi connectivity index (χ0v) is 13.5. The van der Waals surface area contributed by atoms with Crippen LogP contribution in [0.25, 0.3) is 11.3 Å². The van der Waals surface area contributed by atoms with Crippen LogP contribution in [0.2, 0.25) is 5.02 Å². The van der Waals surface area contributed by atoms with Crippen molar-refractivity contribution in [3.05, 3.63) is 41.0 Å². The van der Waals surface area contributed by atoms with E-state index in [2.05, 4.69) is 19.0 Å². The number of amides is 1. The van der Waals surface area contributed by atoms with Crippen LogP contribution >= 0.6 is 11.6 Å². The average molecular weight is 319 g/mol. The highest BCUT2D eigenvalue weighted by Gasteiger charge is 2.31. The summed E-state index contributed by atoms with van der Waals surface area (Å²) in [4.78, 5) is 14.6. The summed E-state index contributed by atoms with van der Waals surface area (Å²) in [5.41, 5.74) is 1.22. The van der Waals surface area contributed by atoms with Crippen molar-refractivity contribution in [3.63, 3.8) is 0 Å². The van der Waals surface area contributed by atoms with Crippen LogP contribution < -0.4 is 0 Å². The molecule has 0 bridgehead atoms. The first-order chi connectivity index (χ1) is 10.6. The first-order valence-electron chi connectivity index (χ1n) is 7.61. The second-order valence-electron chi connectivity index (χ2n) is 5.92. The van der Waals surface area contributed by atoms with E-state index in [1.807, 2.05) is 17.0 Å². The maximum atomic E-state index is 12.7. The Morgan fingerprint density at radius 2 is 1.86 bits per heavy atom. The van der Waals surface area contributed by atoms with E-state index in [0.717, 1.165) is 18.4 Å². The van der Waals surface area contributed by atoms with Gasteiger partial charge in [0.2, 0.25) is 0 Å². The zero-order chi connectivity index (χ0) is 15.7. The molecule has 4 nitrogen and oxygen atoms in total. The van der Waals surface area contributed by atoms with E-state index >= 15 is 0 Å². The summed E-state index contributed by atoms with van der Waals surface area (Å²) in [5.74, 6) is 0.529. The smallest absolute Gasteiger partial charge is 0.276 e. The molecule has 1 aromatic carbocycles. The number of hydrogen-bond donors (Lipinski definition) is 0. The Morgan fingerprint density at radius 3 is 2.50 bits per heavy atom. The molecule has 1 aliphatic heterocycles. The summed E-state index contributed by atoms with van der Waals surface area (Å²) >= 11 is 5.88. The van der Waals surface area contributed by atoms with Gasteiger partial charge in [-0.05, 0) is 57.4 Å². The number of piperidine rings is 1. The number of nitrogens with zero attached hydrogens (tertiary/aromatic N) is 2. The van der Waals surface area contributed by atoms with E-state index in [1.165, 1.54) is 6.42 Å². The molecule has 2 atom stereocenters. The lowest BCUT2D eigenvalue weighted by Gasteiger charge is -2.38. The minimum atomic E-state index is -0.0522. The molecule has 1 amide bonds. The van der Waals surface area contributed by atoms with Crippen LogP contribution in [0.4, 0.5) is 0 Å². The van der Waals surface area contributed by atoms with Crippen LogP contribution in [0.5, 0.6) is 0 Å². The van der Waals surface area contributed by atoms with Crippen LogP contribution in [0, 0.1) is 0 Å². The Balaban J connectivity index is 1.83. The number of rotatable bonds is 2. The number of hydrogen-bond acceptors (Lipinski definition) is 3. The minimum absolute atomic E-state index is 0.0522. The van der Waals surface area contributed by atoms with Crippen molar-refractivity contribution < 1.29 is 9.32 Å². The Kier molecular flexibility index (Phi) is 4.21. The fourth-order valence-electron chi connectivity index (χ4n) is 3.08. The maximum Gasteiger partial charge on any atom is 0.276 e. The molecule has 2 heterocycles. The quantitative estimate of drug-likeness (QED) is 0.824. The van der Waals surface area contributed by atoms with E-state index in [4.69, 9.17) is 16.1 Å². The molecule has 0 unspecified atom stereocenters. The molecule has 2 aromatic rings. The molecule has 0 saturated carbocycles. The van der Waals surface area contributed by atoms with Gasteiger partial charge in [-0.25, -0.2) is 0 Å². The molecule has 116 valence electrons. The molecular weight excluding hydrogens is 300 g/mol. The van der Waals surface area contributed by atoms with Crippen molar-refractivity contribution >= 4 is 17.5 Å². The average Bonchev–Trinajstić information content (AvgIpc) is 2.97. The molecule has 3 rings (SSSR count). The highest BCUT2D eigenvalue weighted by Crippen LogP contribution is 2.27. The molecular formula is C17H19ClN2O2. The van der Waals surface area contributed by atoms with Gasteiger partial charge in [0.1, 0.15) is 0 Å². The van der Waals surface area contributed by atoms with Gasteiger partial charge >= 0.3 is 0 Å². The molecule has 0 N–H and O–H groups in total. The van der Waals surface area contributed by atoms with Crippen molar-refractivity contribution in [2.24, 2.45) is 0 Å². The molecule has 5 heteroatoms. The third-order valence-electron chi connectivity index (χ3n) is 4.29. The number of aromatic nitrogens is 1. The van der Waals surface area contributed by atoms with Gasteiger partial charge in [-0.2, -0.15) is 0 Å². The van der Waals surface area contributed by atoms with Gasteiger partial charge in [-0.15, -0.1) is 0 Å². The van der Waals surface area contributed by atoms with Gasteiger partial charge < -0.3 is 9.42 Å². The topological polar surface area (TPSA) is 46.3 Å². The third-order valence-corrected chi connectivity index (χ3v) is 4.54. The predicted octanol–water partition coefficient (Wildman–Crippen LogP) is 4.40. The van der Waals surface area contributed by atoms with Gasteiger partial charge in [-0.3, -0.25) is 4.79 Å².